The first kappa shape index (κ1) is 14.3. The summed E-state index contributed by atoms with van der Waals surface area (Å²) in [6, 6.07) is 18.5. The van der Waals surface area contributed by atoms with Crippen LogP contribution in [0.25, 0.3) is 11.1 Å². The van der Waals surface area contributed by atoms with Crippen LogP contribution in [0, 0.1) is 0 Å². The van der Waals surface area contributed by atoms with Gasteiger partial charge in [-0.25, -0.2) is 0 Å². The van der Waals surface area contributed by atoms with Crippen LogP contribution in [-0.4, -0.2) is 12.6 Å². The molecular weight excluding hydrogens is 248 g/mol. The summed E-state index contributed by atoms with van der Waals surface area (Å²) < 4.78 is 5.04. The van der Waals surface area contributed by atoms with E-state index in [4.69, 9.17) is 4.74 Å². The first-order valence-corrected chi connectivity index (χ1v) is 7.02. The Balaban J connectivity index is 2.26. The first-order valence-electron chi connectivity index (χ1n) is 7.02. The quantitative estimate of drug-likeness (QED) is 0.751. The van der Waals surface area contributed by atoms with Gasteiger partial charge >= 0.3 is 5.97 Å². The van der Waals surface area contributed by atoms with Crippen LogP contribution in [0.2, 0.25) is 0 Å². The normalized spacial score (nSPS) is 11.9. The lowest BCUT2D eigenvalue weighted by Crippen LogP contribution is -2.09. The third kappa shape index (κ3) is 3.47. The molecule has 0 aliphatic rings. The topological polar surface area (TPSA) is 26.3 Å². The molecule has 1 unspecified atom stereocenters. The Kier molecular flexibility index (Phi) is 4.94. The number of carbonyl (C=O) groups excluding carboxylic acids is 1. The van der Waals surface area contributed by atoms with E-state index in [-0.39, 0.29) is 11.9 Å². The van der Waals surface area contributed by atoms with E-state index in [1.807, 2.05) is 37.3 Å². The molecule has 0 saturated carbocycles. The van der Waals surface area contributed by atoms with Crippen LogP contribution < -0.4 is 0 Å². The van der Waals surface area contributed by atoms with Crippen molar-refractivity contribution in [3.63, 3.8) is 0 Å². The summed E-state index contributed by atoms with van der Waals surface area (Å²) >= 11 is 0. The van der Waals surface area contributed by atoms with Crippen molar-refractivity contribution in [2.75, 3.05) is 6.61 Å². The molecule has 104 valence electrons. The molecule has 0 saturated heterocycles. The highest BCUT2D eigenvalue weighted by Crippen LogP contribution is 2.30. The third-order valence-corrected chi connectivity index (χ3v) is 3.35. The van der Waals surface area contributed by atoms with E-state index in [1.165, 1.54) is 16.7 Å². The van der Waals surface area contributed by atoms with Crippen LogP contribution in [0.1, 0.15) is 31.7 Å². The van der Waals surface area contributed by atoms with Crippen molar-refractivity contribution in [1.29, 1.82) is 0 Å². The van der Waals surface area contributed by atoms with E-state index >= 15 is 0 Å². The van der Waals surface area contributed by atoms with Gasteiger partial charge in [-0.3, -0.25) is 4.79 Å². The van der Waals surface area contributed by atoms with E-state index < -0.39 is 0 Å². The minimum absolute atomic E-state index is 0.136. The van der Waals surface area contributed by atoms with Crippen molar-refractivity contribution in [2.45, 2.75) is 26.2 Å². The maximum Gasteiger partial charge on any atom is 0.306 e. The second-order valence-electron chi connectivity index (χ2n) is 4.86. The van der Waals surface area contributed by atoms with Crippen LogP contribution in [0.4, 0.5) is 0 Å². The fraction of sp³-hybridized carbons (Fsp3) is 0.278. The molecule has 2 heteroatoms. The summed E-state index contributed by atoms with van der Waals surface area (Å²) in [5, 5.41) is 0. The Bertz CT molecular complexity index is 561. The lowest BCUT2D eigenvalue weighted by molar-refractivity contribution is -0.143. The lowest BCUT2D eigenvalue weighted by atomic mass is 9.90. The predicted molar refractivity (Wildman–Crippen MR) is 81.5 cm³/mol. The molecule has 0 aliphatic carbocycles. The maximum absolute atomic E-state index is 11.7. The summed E-state index contributed by atoms with van der Waals surface area (Å²) in [5.41, 5.74) is 3.55. The Morgan fingerprint density at radius 3 is 2.40 bits per heavy atom. The van der Waals surface area contributed by atoms with Crippen molar-refractivity contribution in [3.05, 3.63) is 60.2 Å². The molecule has 2 aromatic carbocycles. The second-order valence-corrected chi connectivity index (χ2v) is 4.86. The molecule has 2 nitrogen and oxygen atoms in total. The van der Waals surface area contributed by atoms with E-state index in [0.29, 0.717) is 13.0 Å². The third-order valence-electron chi connectivity index (χ3n) is 3.35. The van der Waals surface area contributed by atoms with E-state index in [9.17, 15) is 4.79 Å². The SMILES string of the molecule is CCOC(=O)CC(C)c1ccccc1-c1ccccc1. The van der Waals surface area contributed by atoms with Gasteiger partial charge in [-0.2, -0.15) is 0 Å². The van der Waals surface area contributed by atoms with Crippen LogP contribution in [0.5, 0.6) is 0 Å². The largest absolute Gasteiger partial charge is 0.466 e. The van der Waals surface area contributed by atoms with Gasteiger partial charge in [0.2, 0.25) is 0 Å². The van der Waals surface area contributed by atoms with Crippen molar-refractivity contribution < 1.29 is 9.53 Å². The molecule has 0 N–H and O–H groups in total. The molecule has 0 bridgehead atoms. The Labute approximate surface area is 120 Å². The van der Waals surface area contributed by atoms with Gasteiger partial charge in [0, 0.05) is 0 Å². The molecule has 0 amide bonds. The van der Waals surface area contributed by atoms with Crippen LogP contribution in [0.15, 0.2) is 54.6 Å². The van der Waals surface area contributed by atoms with Gasteiger partial charge in [-0.05, 0) is 29.5 Å². The zero-order valence-electron chi connectivity index (χ0n) is 12.0. The van der Waals surface area contributed by atoms with Crippen LogP contribution in [0.3, 0.4) is 0 Å². The van der Waals surface area contributed by atoms with Crippen molar-refractivity contribution in [2.24, 2.45) is 0 Å². The molecule has 0 radical (unpaired) electrons. The molecule has 0 spiro atoms. The first-order chi connectivity index (χ1) is 9.72. The maximum atomic E-state index is 11.7. The smallest absolute Gasteiger partial charge is 0.306 e. The minimum Gasteiger partial charge on any atom is -0.466 e. The standard InChI is InChI=1S/C18H20O2/c1-3-20-18(19)13-14(2)16-11-7-8-12-17(16)15-9-5-4-6-10-15/h4-12,14H,3,13H2,1-2H3. The fourth-order valence-corrected chi connectivity index (χ4v) is 2.39. The number of esters is 1. The van der Waals surface area contributed by atoms with Crippen molar-refractivity contribution >= 4 is 5.97 Å². The zero-order valence-corrected chi connectivity index (χ0v) is 12.0. The highest BCUT2D eigenvalue weighted by molar-refractivity contribution is 5.73. The number of rotatable bonds is 5. The van der Waals surface area contributed by atoms with Gasteiger partial charge in [0.25, 0.3) is 0 Å². The molecule has 0 fully saturated rings. The number of benzene rings is 2. The van der Waals surface area contributed by atoms with Crippen LogP contribution in [-0.2, 0) is 9.53 Å². The molecule has 20 heavy (non-hydrogen) atoms. The van der Waals surface area contributed by atoms with Gasteiger partial charge in [0.05, 0.1) is 13.0 Å². The average Bonchev–Trinajstić information content (AvgIpc) is 2.48. The molecule has 0 aliphatic heterocycles. The van der Waals surface area contributed by atoms with Gasteiger partial charge in [0.1, 0.15) is 0 Å². The lowest BCUT2D eigenvalue weighted by Gasteiger charge is -2.16. The zero-order chi connectivity index (χ0) is 14.4. The van der Waals surface area contributed by atoms with Gasteiger partial charge in [0.15, 0.2) is 0 Å². The van der Waals surface area contributed by atoms with Crippen molar-refractivity contribution in [3.8, 4) is 11.1 Å². The molecule has 0 heterocycles. The minimum atomic E-state index is -0.136. The Morgan fingerprint density at radius 1 is 1.05 bits per heavy atom. The number of ether oxygens (including phenoxy) is 1. The van der Waals surface area contributed by atoms with E-state index in [1.54, 1.807) is 0 Å². The summed E-state index contributed by atoms with van der Waals surface area (Å²) in [7, 11) is 0. The average molecular weight is 268 g/mol. The summed E-state index contributed by atoms with van der Waals surface area (Å²) in [6.07, 6.45) is 0.414. The Hall–Kier alpha value is -2.09. The molecule has 2 rings (SSSR count). The predicted octanol–water partition coefficient (Wildman–Crippen LogP) is 4.41. The monoisotopic (exact) mass is 268 g/mol. The molecule has 2 aromatic rings. The highest BCUT2D eigenvalue weighted by Gasteiger charge is 2.15. The number of hydrogen-bond acceptors (Lipinski definition) is 2. The molecular formula is C18H20O2. The molecule has 1 atom stereocenters. The van der Waals surface area contributed by atoms with Crippen LogP contribution >= 0.6 is 0 Å². The molecule has 0 aromatic heterocycles. The number of carbonyl (C=O) groups is 1. The number of hydrogen-bond donors (Lipinski definition) is 0. The van der Waals surface area contributed by atoms with E-state index in [2.05, 4.69) is 31.2 Å². The summed E-state index contributed by atoms with van der Waals surface area (Å²) in [5.74, 6) is 0.00770. The second kappa shape index (κ2) is 6.90. The van der Waals surface area contributed by atoms with Gasteiger partial charge in [-0.1, -0.05) is 61.5 Å². The van der Waals surface area contributed by atoms with Crippen molar-refractivity contribution in [1.82, 2.24) is 0 Å². The summed E-state index contributed by atoms with van der Waals surface area (Å²) in [4.78, 5) is 11.7. The summed E-state index contributed by atoms with van der Waals surface area (Å²) in [6.45, 7) is 4.34. The highest BCUT2D eigenvalue weighted by atomic mass is 16.5. The van der Waals surface area contributed by atoms with Gasteiger partial charge in [-0.15, -0.1) is 0 Å². The fourth-order valence-electron chi connectivity index (χ4n) is 2.39. The Morgan fingerprint density at radius 2 is 1.70 bits per heavy atom. The van der Waals surface area contributed by atoms with E-state index in [0.717, 1.165) is 0 Å². The van der Waals surface area contributed by atoms with Gasteiger partial charge < -0.3 is 4.74 Å².